The van der Waals surface area contributed by atoms with E-state index in [1.165, 1.54) is 5.56 Å². The summed E-state index contributed by atoms with van der Waals surface area (Å²) in [5, 5.41) is 8.97. The maximum absolute atomic E-state index is 6.21. The van der Waals surface area contributed by atoms with Gasteiger partial charge in [0.1, 0.15) is 11.9 Å². The predicted octanol–water partition coefficient (Wildman–Crippen LogP) is 5.04. The summed E-state index contributed by atoms with van der Waals surface area (Å²) in [6.07, 6.45) is 6.94. The Morgan fingerprint density at radius 2 is 1.78 bits per heavy atom. The van der Waals surface area contributed by atoms with Gasteiger partial charge in [-0.2, -0.15) is 0 Å². The Labute approximate surface area is 193 Å². The van der Waals surface area contributed by atoms with Crippen LogP contribution in [0.15, 0.2) is 39.3 Å². The predicted molar refractivity (Wildman–Crippen MR) is 120 cm³/mol. The third-order valence-corrected chi connectivity index (χ3v) is 6.94. The minimum absolute atomic E-state index is 0.190. The van der Waals surface area contributed by atoms with Crippen LogP contribution in [0.5, 0.6) is 0 Å². The van der Waals surface area contributed by atoms with Crippen molar-refractivity contribution in [2.75, 3.05) is 13.2 Å². The van der Waals surface area contributed by atoms with Crippen molar-refractivity contribution in [1.82, 2.24) is 20.1 Å². The van der Waals surface area contributed by atoms with Gasteiger partial charge in [-0.05, 0) is 56.7 Å². The first-order chi connectivity index (χ1) is 15.5. The molecule has 1 saturated carbocycles. The molecule has 7 nitrogen and oxygen atoms in total. The Morgan fingerprint density at radius 3 is 2.44 bits per heavy atom. The summed E-state index contributed by atoms with van der Waals surface area (Å²) < 4.78 is 17.7. The molecule has 1 aliphatic heterocycles. The molecule has 5 rings (SSSR count). The first-order valence-electron chi connectivity index (χ1n) is 11.4. The molecular formula is C24H29ClN4O3. The molecule has 8 heteroatoms. The van der Waals surface area contributed by atoms with Crippen molar-refractivity contribution in [2.24, 2.45) is 0 Å². The highest BCUT2D eigenvalue weighted by molar-refractivity contribution is 6.30. The lowest BCUT2D eigenvalue weighted by Gasteiger charge is -2.45. The molecule has 3 heterocycles. The number of halogens is 1. The van der Waals surface area contributed by atoms with Gasteiger partial charge in [-0.1, -0.05) is 23.7 Å². The van der Waals surface area contributed by atoms with Gasteiger partial charge < -0.3 is 13.6 Å². The van der Waals surface area contributed by atoms with E-state index in [0.717, 1.165) is 55.3 Å². The molecule has 32 heavy (non-hydrogen) atoms. The van der Waals surface area contributed by atoms with Crippen molar-refractivity contribution in [2.45, 2.75) is 70.1 Å². The number of benzene rings is 1. The Balaban J connectivity index is 1.31. The number of aryl methyl sites for hydroxylation is 2. The molecule has 2 unspecified atom stereocenters. The normalized spacial score (nSPS) is 27.0. The number of hydrogen-bond donors (Lipinski definition) is 0. The first-order valence-corrected chi connectivity index (χ1v) is 11.8. The zero-order chi connectivity index (χ0) is 22.1. The number of aromatic nitrogens is 3. The van der Waals surface area contributed by atoms with E-state index in [9.17, 15) is 0 Å². The molecule has 170 valence electrons. The molecule has 2 fully saturated rings. The van der Waals surface area contributed by atoms with Crippen molar-refractivity contribution >= 4 is 11.6 Å². The fourth-order valence-corrected chi connectivity index (χ4v) is 5.16. The number of hydrogen-bond acceptors (Lipinski definition) is 7. The maximum atomic E-state index is 6.21. The Hall–Kier alpha value is -2.22. The molecule has 1 aromatic carbocycles. The van der Waals surface area contributed by atoms with Gasteiger partial charge >= 0.3 is 0 Å². The van der Waals surface area contributed by atoms with Crippen LogP contribution in [-0.2, 0) is 11.2 Å². The van der Waals surface area contributed by atoms with Crippen LogP contribution in [0.25, 0.3) is 0 Å². The molecule has 0 N–H and O–H groups in total. The van der Waals surface area contributed by atoms with Gasteiger partial charge in [-0.15, -0.1) is 10.2 Å². The molecule has 0 bridgehead atoms. The third-order valence-electron chi connectivity index (χ3n) is 6.69. The highest BCUT2D eigenvalue weighted by Gasteiger charge is 2.38. The number of nitrogens with zero attached hydrogens (tertiary/aromatic N) is 4. The lowest BCUT2D eigenvalue weighted by Crippen LogP contribution is -2.53. The first kappa shape index (κ1) is 21.6. The third kappa shape index (κ3) is 4.75. The molecule has 1 saturated heterocycles. The fraction of sp³-hybridized carbons (Fsp3) is 0.542. The van der Waals surface area contributed by atoms with Crippen molar-refractivity contribution < 1.29 is 13.6 Å². The highest BCUT2D eigenvalue weighted by atomic mass is 35.5. The minimum Gasteiger partial charge on any atom is -0.446 e. The molecule has 0 amide bonds. The summed E-state index contributed by atoms with van der Waals surface area (Å²) in [6, 6.07) is 8.90. The molecule has 2 aromatic heterocycles. The van der Waals surface area contributed by atoms with Crippen LogP contribution < -0.4 is 0 Å². The maximum Gasteiger partial charge on any atom is 0.246 e. The summed E-state index contributed by atoms with van der Waals surface area (Å²) in [7, 11) is 0. The van der Waals surface area contributed by atoms with Crippen LogP contribution in [0.3, 0.4) is 0 Å². The number of rotatable bonds is 5. The molecule has 2 atom stereocenters. The summed E-state index contributed by atoms with van der Waals surface area (Å²) in [5.74, 6) is 3.32. The second-order valence-corrected chi connectivity index (χ2v) is 9.41. The average Bonchev–Trinajstić information content (AvgIpc) is 3.44. The number of oxazole rings is 1. The van der Waals surface area contributed by atoms with Gasteiger partial charge in [-0.3, -0.25) is 4.90 Å². The second-order valence-electron chi connectivity index (χ2n) is 8.98. The van der Waals surface area contributed by atoms with Crippen molar-refractivity contribution in [3.63, 3.8) is 0 Å². The van der Waals surface area contributed by atoms with Crippen LogP contribution in [0.4, 0.5) is 0 Å². The van der Waals surface area contributed by atoms with E-state index in [2.05, 4.69) is 32.2 Å². The van der Waals surface area contributed by atoms with E-state index in [-0.39, 0.29) is 6.10 Å². The Bertz CT molecular complexity index is 1030. The van der Waals surface area contributed by atoms with Crippen LogP contribution in [-0.4, -0.2) is 45.3 Å². The van der Waals surface area contributed by atoms with Crippen LogP contribution in [0, 0.1) is 13.8 Å². The molecular weight excluding hydrogens is 428 g/mol. The van der Waals surface area contributed by atoms with E-state index in [0.29, 0.717) is 36.4 Å². The summed E-state index contributed by atoms with van der Waals surface area (Å²) >= 11 is 6.09. The van der Waals surface area contributed by atoms with E-state index in [1.807, 2.05) is 32.2 Å². The molecule has 2 aliphatic rings. The van der Waals surface area contributed by atoms with Crippen LogP contribution in [0.2, 0.25) is 5.02 Å². The quantitative estimate of drug-likeness (QED) is 0.532. The standard InChI is InChI=1S/C24H29ClN4O3/c1-15-12-26-23(31-15)18-5-9-20(10-6-18)29-13-22(24-28-27-16(2)32-24)30-14-21(29)11-17-3-7-19(25)8-4-17/h3-4,7-8,12,18,20-22H,5-6,9-11,13-14H2,1-2H3. The smallest absolute Gasteiger partial charge is 0.246 e. The largest absolute Gasteiger partial charge is 0.446 e. The molecule has 1 aliphatic carbocycles. The van der Waals surface area contributed by atoms with Gasteiger partial charge in [-0.25, -0.2) is 4.98 Å². The van der Waals surface area contributed by atoms with Gasteiger partial charge in [0.15, 0.2) is 5.89 Å². The SMILES string of the molecule is Cc1cnc(C2CCC(N3CC(c4nnc(C)o4)OCC3Cc3ccc(Cl)cc3)CC2)o1. The van der Waals surface area contributed by atoms with Gasteiger partial charge in [0.2, 0.25) is 11.8 Å². The lowest BCUT2D eigenvalue weighted by molar-refractivity contribution is -0.0953. The molecule has 0 spiro atoms. The highest BCUT2D eigenvalue weighted by Crippen LogP contribution is 2.37. The van der Waals surface area contributed by atoms with Crippen molar-refractivity contribution in [3.05, 3.63) is 64.5 Å². The number of ether oxygens (including phenoxy) is 1. The van der Waals surface area contributed by atoms with E-state index < -0.39 is 0 Å². The van der Waals surface area contributed by atoms with E-state index >= 15 is 0 Å². The fourth-order valence-electron chi connectivity index (χ4n) is 5.04. The second kappa shape index (κ2) is 9.33. The summed E-state index contributed by atoms with van der Waals surface area (Å²) in [5.41, 5.74) is 1.27. The molecule has 3 aromatic rings. The van der Waals surface area contributed by atoms with Crippen LogP contribution in [0.1, 0.15) is 66.7 Å². The minimum atomic E-state index is -0.190. The van der Waals surface area contributed by atoms with Crippen molar-refractivity contribution in [1.29, 1.82) is 0 Å². The lowest BCUT2D eigenvalue weighted by atomic mass is 9.84. The topological polar surface area (TPSA) is 77.4 Å². The van der Waals surface area contributed by atoms with Gasteiger partial charge in [0, 0.05) is 36.5 Å². The Kier molecular flexibility index (Phi) is 6.31. The van der Waals surface area contributed by atoms with E-state index in [1.54, 1.807) is 0 Å². The van der Waals surface area contributed by atoms with Gasteiger partial charge in [0.05, 0.1) is 12.8 Å². The van der Waals surface area contributed by atoms with E-state index in [4.69, 9.17) is 25.2 Å². The Morgan fingerprint density at radius 1 is 1.00 bits per heavy atom. The zero-order valence-corrected chi connectivity index (χ0v) is 19.3. The number of morpholine rings is 1. The molecule has 0 radical (unpaired) electrons. The van der Waals surface area contributed by atoms with Gasteiger partial charge in [0.25, 0.3) is 0 Å². The monoisotopic (exact) mass is 456 g/mol. The summed E-state index contributed by atoms with van der Waals surface area (Å²) in [4.78, 5) is 7.08. The zero-order valence-electron chi connectivity index (χ0n) is 18.5. The van der Waals surface area contributed by atoms with Crippen LogP contribution >= 0.6 is 11.6 Å². The van der Waals surface area contributed by atoms with Crippen molar-refractivity contribution in [3.8, 4) is 0 Å². The average molecular weight is 457 g/mol. The summed E-state index contributed by atoms with van der Waals surface area (Å²) in [6.45, 7) is 5.16.